The molecule has 0 aromatic heterocycles. The molecule has 0 saturated carbocycles. The first-order valence-electron chi connectivity index (χ1n) is 5.02. The molecule has 6 nitrogen and oxygen atoms in total. The van der Waals surface area contributed by atoms with Gasteiger partial charge in [-0.2, -0.15) is 0 Å². The summed E-state index contributed by atoms with van der Waals surface area (Å²) in [5.41, 5.74) is 1.69. The molecular formula is C13H17N3O3. The van der Waals surface area contributed by atoms with Gasteiger partial charge in [-0.3, -0.25) is 0 Å². The van der Waals surface area contributed by atoms with Gasteiger partial charge in [0, 0.05) is 0 Å². The molecule has 0 atom stereocenters. The van der Waals surface area contributed by atoms with E-state index in [1.165, 1.54) is 5.56 Å². The fourth-order valence-electron chi connectivity index (χ4n) is 0.938. The van der Waals surface area contributed by atoms with Gasteiger partial charge in [0.15, 0.2) is 0 Å². The van der Waals surface area contributed by atoms with Crippen LogP contribution in [0.4, 0.5) is 0 Å². The normalized spacial score (nSPS) is 7.32. The van der Waals surface area contributed by atoms with Crippen molar-refractivity contribution < 1.29 is 14.4 Å². The Morgan fingerprint density at radius 1 is 0.789 bits per heavy atom. The molecule has 0 radical (unpaired) electrons. The van der Waals surface area contributed by atoms with Crippen LogP contribution in [0.3, 0.4) is 0 Å². The quantitative estimate of drug-likeness (QED) is 0.492. The molecular weight excluding hydrogens is 246 g/mol. The van der Waals surface area contributed by atoms with E-state index in [0.717, 1.165) is 18.2 Å². The molecule has 0 bridgehead atoms. The first kappa shape index (κ1) is 21.6. The second-order valence-corrected chi connectivity index (χ2v) is 3.92. The lowest BCUT2D eigenvalue weighted by atomic mass is 9.87. The van der Waals surface area contributed by atoms with Crippen molar-refractivity contribution in [3.8, 4) is 0 Å². The Bertz CT molecular complexity index is 390. The lowest BCUT2D eigenvalue weighted by Gasteiger charge is -2.18. The van der Waals surface area contributed by atoms with E-state index in [9.17, 15) is 0 Å². The Kier molecular flexibility index (Phi) is 17.5. The third kappa shape index (κ3) is 21.2. The molecule has 6 heteroatoms. The molecule has 1 aromatic rings. The van der Waals surface area contributed by atoms with E-state index in [-0.39, 0.29) is 0 Å². The van der Waals surface area contributed by atoms with Gasteiger partial charge < -0.3 is 0 Å². The summed E-state index contributed by atoms with van der Waals surface area (Å²) in [7, 11) is 0. The highest BCUT2D eigenvalue weighted by atomic mass is 16.1. The van der Waals surface area contributed by atoms with E-state index in [1.807, 2.05) is 0 Å². The Morgan fingerprint density at radius 2 is 1.05 bits per heavy atom. The Balaban J connectivity index is -0.000000238. The number of benzene rings is 1. The Hall–Kier alpha value is -2.64. The fourth-order valence-corrected chi connectivity index (χ4v) is 0.938. The van der Waals surface area contributed by atoms with Crippen molar-refractivity contribution in [1.29, 1.82) is 16.2 Å². The minimum Gasteiger partial charge on any atom is -0.222 e. The summed E-state index contributed by atoms with van der Waals surface area (Å²) in [4.78, 5) is 25.0. The highest BCUT2D eigenvalue weighted by molar-refractivity contribution is 5.26. The average molecular weight is 263 g/mol. The van der Waals surface area contributed by atoms with E-state index in [2.05, 4.69) is 51.1 Å². The molecule has 0 heterocycles. The minimum absolute atomic E-state index is 0.293. The molecule has 19 heavy (non-hydrogen) atoms. The molecule has 102 valence electrons. The smallest absolute Gasteiger partial charge is 0.222 e. The van der Waals surface area contributed by atoms with Gasteiger partial charge in [0.25, 0.3) is 0 Å². The monoisotopic (exact) mass is 263 g/mol. The molecule has 0 aliphatic carbocycles. The van der Waals surface area contributed by atoms with Gasteiger partial charge in [0.05, 0.1) is 0 Å². The fraction of sp³-hybridized carbons (Fsp3) is 0.308. The zero-order valence-corrected chi connectivity index (χ0v) is 11.1. The summed E-state index contributed by atoms with van der Waals surface area (Å²) in [5, 5.41) is 16.2. The van der Waals surface area contributed by atoms with E-state index >= 15 is 0 Å². The molecule has 0 aliphatic rings. The summed E-state index contributed by atoms with van der Waals surface area (Å²) in [5.74, 6) is 0. The summed E-state index contributed by atoms with van der Waals surface area (Å²) >= 11 is 0. The maximum absolute atomic E-state index is 8.35. The molecule has 0 fully saturated rings. The number of hydrogen-bond donors (Lipinski definition) is 3. The number of rotatable bonds is 0. The van der Waals surface area contributed by atoms with Crippen molar-refractivity contribution in [2.24, 2.45) is 0 Å². The van der Waals surface area contributed by atoms with Gasteiger partial charge >= 0.3 is 0 Å². The van der Waals surface area contributed by atoms with Gasteiger partial charge in [-0.15, -0.1) is 0 Å². The Morgan fingerprint density at radius 3 is 1.21 bits per heavy atom. The first-order valence-corrected chi connectivity index (χ1v) is 5.02. The molecule has 1 rings (SSSR count). The summed E-state index contributed by atoms with van der Waals surface area (Å²) in [6.45, 7) is 6.67. The first-order chi connectivity index (χ1) is 8.85. The maximum atomic E-state index is 8.35. The van der Waals surface area contributed by atoms with E-state index in [0.29, 0.717) is 5.41 Å². The number of hydrogen-bond acceptors (Lipinski definition) is 6. The maximum Gasteiger partial charge on any atom is 0.231 e. The molecule has 0 spiro atoms. The van der Waals surface area contributed by atoms with Crippen LogP contribution in [0.5, 0.6) is 0 Å². The van der Waals surface area contributed by atoms with Crippen molar-refractivity contribution in [1.82, 2.24) is 0 Å². The van der Waals surface area contributed by atoms with Crippen LogP contribution in [0.25, 0.3) is 0 Å². The van der Waals surface area contributed by atoms with Crippen molar-refractivity contribution in [3.63, 3.8) is 0 Å². The summed E-state index contributed by atoms with van der Waals surface area (Å²) in [6.07, 6.45) is 2.25. The number of isocyanates is 3. The van der Waals surface area contributed by atoms with Crippen molar-refractivity contribution in [3.05, 3.63) is 35.9 Å². The van der Waals surface area contributed by atoms with Crippen LogP contribution < -0.4 is 0 Å². The van der Waals surface area contributed by atoms with Gasteiger partial charge in [0.1, 0.15) is 0 Å². The third-order valence-electron chi connectivity index (χ3n) is 1.64. The van der Waals surface area contributed by atoms with Crippen LogP contribution in [0.15, 0.2) is 30.3 Å². The van der Waals surface area contributed by atoms with E-state index in [1.54, 1.807) is 0 Å². The van der Waals surface area contributed by atoms with Gasteiger partial charge in [-0.05, 0) is 11.0 Å². The van der Waals surface area contributed by atoms with Crippen LogP contribution >= 0.6 is 0 Å². The highest BCUT2D eigenvalue weighted by Crippen LogP contribution is 2.20. The van der Waals surface area contributed by atoms with Crippen LogP contribution in [0.2, 0.25) is 0 Å². The van der Waals surface area contributed by atoms with E-state index < -0.39 is 0 Å². The topological polar surface area (TPSA) is 123 Å². The van der Waals surface area contributed by atoms with Crippen LogP contribution in [0.1, 0.15) is 26.3 Å². The predicted octanol–water partition coefficient (Wildman–Crippen LogP) is 2.69. The SMILES string of the molecule is CC(C)(C)c1ccccc1.N=C=O.N=C=O.N=C=O. The molecule has 0 saturated heterocycles. The van der Waals surface area contributed by atoms with Crippen molar-refractivity contribution in [2.45, 2.75) is 26.2 Å². The number of carbonyl (C=O) groups excluding carboxylic acids is 3. The van der Waals surface area contributed by atoms with Crippen LogP contribution in [0, 0.1) is 16.2 Å². The molecule has 0 unspecified atom stereocenters. The predicted molar refractivity (Wildman–Crippen MR) is 70.4 cm³/mol. The van der Waals surface area contributed by atoms with Gasteiger partial charge in [-0.25, -0.2) is 30.6 Å². The molecule has 3 N–H and O–H groups in total. The highest BCUT2D eigenvalue weighted by Gasteiger charge is 2.11. The van der Waals surface area contributed by atoms with Crippen molar-refractivity contribution in [2.75, 3.05) is 0 Å². The summed E-state index contributed by atoms with van der Waals surface area (Å²) in [6, 6.07) is 10.6. The molecule has 0 aliphatic heterocycles. The third-order valence-corrected chi connectivity index (χ3v) is 1.64. The molecule has 1 aromatic carbocycles. The lowest BCUT2D eigenvalue weighted by molar-refractivity contribution is 0.562. The zero-order valence-electron chi connectivity index (χ0n) is 11.1. The van der Waals surface area contributed by atoms with Crippen molar-refractivity contribution >= 4 is 18.2 Å². The molecule has 0 amide bonds. The zero-order chi connectivity index (χ0) is 15.7. The lowest BCUT2D eigenvalue weighted by Crippen LogP contribution is -2.10. The largest absolute Gasteiger partial charge is 0.231 e. The van der Waals surface area contributed by atoms with Gasteiger partial charge in [-0.1, -0.05) is 51.1 Å². The Labute approximate surface area is 112 Å². The minimum atomic E-state index is 0.293. The van der Waals surface area contributed by atoms with E-state index in [4.69, 9.17) is 30.6 Å². The van der Waals surface area contributed by atoms with Crippen LogP contribution in [-0.2, 0) is 19.8 Å². The second-order valence-electron chi connectivity index (χ2n) is 3.92. The van der Waals surface area contributed by atoms with Crippen LogP contribution in [-0.4, -0.2) is 18.2 Å². The standard InChI is InChI=1S/C10H14.3CHNO/c1-10(2,3)9-7-5-4-6-8-9;3*2-1-3/h4-8H,1-3H3;3*2H. The number of nitrogens with one attached hydrogen (secondary N) is 3. The average Bonchev–Trinajstić information content (AvgIpc) is 2.32. The summed E-state index contributed by atoms with van der Waals surface area (Å²) < 4.78 is 0. The van der Waals surface area contributed by atoms with Gasteiger partial charge in [0.2, 0.25) is 18.2 Å². The second kappa shape index (κ2) is 15.4.